The third-order valence-corrected chi connectivity index (χ3v) is 4.57. The molecule has 0 atom stereocenters. The van der Waals surface area contributed by atoms with Gasteiger partial charge in [-0.25, -0.2) is 8.78 Å². The van der Waals surface area contributed by atoms with Gasteiger partial charge in [0.2, 0.25) is 5.91 Å². The van der Waals surface area contributed by atoms with Gasteiger partial charge < -0.3 is 15.2 Å². The van der Waals surface area contributed by atoms with Crippen molar-refractivity contribution in [2.75, 3.05) is 13.2 Å². The molecule has 2 aliphatic rings. The van der Waals surface area contributed by atoms with Crippen LogP contribution in [0.15, 0.2) is 35.4 Å². The fourth-order valence-corrected chi connectivity index (χ4v) is 2.88. The molecule has 0 aromatic heterocycles. The molecule has 29 heavy (non-hydrogen) atoms. The molecule has 2 heterocycles. The van der Waals surface area contributed by atoms with Gasteiger partial charge in [0, 0.05) is 23.3 Å². The maximum atomic E-state index is 13.0. The predicted molar refractivity (Wildman–Crippen MR) is 105 cm³/mol. The highest BCUT2D eigenvalue weighted by molar-refractivity contribution is 6.31. The number of nitrogens with two attached hydrogens (primary N) is 1. The highest BCUT2D eigenvalue weighted by Gasteiger charge is 2.17. The molecule has 1 amide bonds. The number of rotatable bonds is 1. The summed E-state index contributed by atoms with van der Waals surface area (Å²) < 4.78 is 36.4. The Bertz CT molecular complexity index is 1110. The molecule has 0 unspecified atom stereocenters. The maximum Gasteiger partial charge on any atom is 0.248 e. The smallest absolute Gasteiger partial charge is 0.248 e. The van der Waals surface area contributed by atoms with Gasteiger partial charge in [-0.2, -0.15) is 5.26 Å². The van der Waals surface area contributed by atoms with Crippen molar-refractivity contribution < 1.29 is 23.0 Å². The van der Waals surface area contributed by atoms with Crippen LogP contribution in [-0.4, -0.2) is 19.1 Å². The number of nitrogens with zero attached hydrogens (tertiary/aromatic N) is 1. The minimum atomic E-state index is -0.555. The summed E-state index contributed by atoms with van der Waals surface area (Å²) >= 11 is 11.2. The van der Waals surface area contributed by atoms with E-state index in [9.17, 15) is 13.6 Å². The molecule has 0 fully saturated rings. The summed E-state index contributed by atoms with van der Waals surface area (Å²) in [5.74, 6) is -0.834. The molecule has 9 heteroatoms. The van der Waals surface area contributed by atoms with Crippen LogP contribution in [0.3, 0.4) is 0 Å². The number of carbonyl (C=O) groups excluding carboxylic acids is 1. The minimum absolute atomic E-state index is 0.0145. The molecule has 0 bridgehead atoms. The Kier molecular flexibility index (Phi) is 6.06. The summed E-state index contributed by atoms with van der Waals surface area (Å²) in [6, 6.07) is 7.23. The van der Waals surface area contributed by atoms with Crippen molar-refractivity contribution >= 4 is 41.3 Å². The first-order valence-electron chi connectivity index (χ1n) is 8.13. The normalized spacial score (nSPS) is 13.8. The van der Waals surface area contributed by atoms with Crippen LogP contribution in [0.4, 0.5) is 8.78 Å². The molecular formula is C20H12Cl2F2N2O3. The Balaban J connectivity index is 0.000000166. The first kappa shape index (κ1) is 20.6. The first-order valence-corrected chi connectivity index (χ1v) is 8.89. The quantitative estimate of drug-likeness (QED) is 0.711. The number of nitriles is 1. The van der Waals surface area contributed by atoms with Crippen molar-refractivity contribution in [2.24, 2.45) is 5.73 Å². The summed E-state index contributed by atoms with van der Waals surface area (Å²) in [5, 5.41) is 8.65. The van der Waals surface area contributed by atoms with Gasteiger partial charge in [0.1, 0.15) is 36.3 Å². The molecule has 0 spiro atoms. The molecule has 5 nitrogen and oxygen atoms in total. The van der Waals surface area contributed by atoms with Crippen molar-refractivity contribution in [3.63, 3.8) is 0 Å². The Labute approximate surface area is 174 Å². The minimum Gasteiger partial charge on any atom is -0.488 e. The zero-order chi connectivity index (χ0) is 21.1. The van der Waals surface area contributed by atoms with Crippen LogP contribution in [0.1, 0.15) is 11.1 Å². The van der Waals surface area contributed by atoms with Crippen molar-refractivity contribution in [1.82, 2.24) is 0 Å². The van der Waals surface area contributed by atoms with Gasteiger partial charge in [0.15, 0.2) is 0 Å². The molecule has 0 radical (unpaired) electrons. The fraction of sp³-hybridized carbons (Fsp3) is 0.100. The third kappa shape index (κ3) is 4.67. The Hall–Kier alpha value is -3.08. The lowest BCUT2D eigenvalue weighted by Crippen LogP contribution is -2.21. The van der Waals surface area contributed by atoms with Gasteiger partial charge in [-0.3, -0.25) is 4.79 Å². The van der Waals surface area contributed by atoms with E-state index < -0.39 is 17.5 Å². The lowest BCUT2D eigenvalue weighted by Gasteiger charge is -2.16. The average molecular weight is 437 g/mol. The standard InChI is InChI=1S/C10H7ClFNO2.C10H5ClFNO/c11-7-2-5-1-6(10(13)14)4-15-9(5)3-8(7)12;11-8-2-7-1-6(4-13)5-14-10(7)3-9(8)12/h1-3H,4H2,(H2,13,14);1-3H,5H2. The molecule has 2 N–H and O–H groups in total. The van der Waals surface area contributed by atoms with E-state index in [1.54, 1.807) is 12.2 Å². The number of carbonyl (C=O) groups is 1. The second-order valence-corrected chi connectivity index (χ2v) is 6.82. The van der Waals surface area contributed by atoms with E-state index in [0.717, 1.165) is 0 Å². The molecule has 2 aromatic carbocycles. The van der Waals surface area contributed by atoms with E-state index in [4.69, 9.17) is 43.7 Å². The molecule has 2 aliphatic heterocycles. The number of primary amides is 1. The van der Waals surface area contributed by atoms with Gasteiger partial charge in [0.05, 0.1) is 27.3 Å². The number of amides is 1. The molecule has 0 saturated carbocycles. The monoisotopic (exact) mass is 436 g/mol. The highest BCUT2D eigenvalue weighted by atomic mass is 35.5. The molecule has 4 rings (SSSR count). The van der Waals surface area contributed by atoms with Crippen molar-refractivity contribution in [1.29, 1.82) is 5.26 Å². The van der Waals surface area contributed by atoms with Gasteiger partial charge in [0.25, 0.3) is 0 Å². The zero-order valence-electron chi connectivity index (χ0n) is 14.6. The lowest BCUT2D eigenvalue weighted by atomic mass is 10.1. The molecule has 0 aliphatic carbocycles. The van der Waals surface area contributed by atoms with E-state index in [0.29, 0.717) is 33.8 Å². The number of fused-ring (bicyclic) bond motifs is 2. The second kappa shape index (κ2) is 8.52. The molecule has 148 valence electrons. The van der Waals surface area contributed by atoms with Crippen LogP contribution in [0.5, 0.6) is 11.5 Å². The Morgan fingerprint density at radius 3 is 2.00 bits per heavy atom. The van der Waals surface area contributed by atoms with Crippen LogP contribution >= 0.6 is 23.2 Å². The second-order valence-electron chi connectivity index (χ2n) is 6.00. The average Bonchev–Trinajstić information content (AvgIpc) is 2.69. The highest BCUT2D eigenvalue weighted by Crippen LogP contribution is 2.32. The topological polar surface area (TPSA) is 85.3 Å². The van der Waals surface area contributed by atoms with Crippen molar-refractivity contribution in [3.05, 3.63) is 68.2 Å². The first-order chi connectivity index (χ1) is 13.8. The van der Waals surface area contributed by atoms with Gasteiger partial charge in [-0.05, 0) is 24.3 Å². The van der Waals surface area contributed by atoms with E-state index in [2.05, 4.69) is 0 Å². The van der Waals surface area contributed by atoms with Gasteiger partial charge >= 0.3 is 0 Å². The van der Waals surface area contributed by atoms with Crippen LogP contribution in [-0.2, 0) is 4.79 Å². The van der Waals surface area contributed by atoms with Gasteiger partial charge in [-0.15, -0.1) is 0 Å². The Morgan fingerprint density at radius 2 is 1.48 bits per heavy atom. The number of ether oxygens (including phenoxy) is 2. The Morgan fingerprint density at radius 1 is 0.966 bits per heavy atom. The maximum absolute atomic E-state index is 13.0. The lowest BCUT2D eigenvalue weighted by molar-refractivity contribution is -0.114. The van der Waals surface area contributed by atoms with Crippen LogP contribution in [0, 0.1) is 23.0 Å². The summed E-state index contributed by atoms with van der Waals surface area (Å²) in [4.78, 5) is 10.9. The molecule has 0 saturated heterocycles. The van der Waals surface area contributed by atoms with Crippen LogP contribution in [0.25, 0.3) is 12.2 Å². The summed E-state index contributed by atoms with van der Waals surface area (Å²) in [7, 11) is 0. The van der Waals surface area contributed by atoms with E-state index in [-0.39, 0.29) is 23.3 Å². The zero-order valence-corrected chi connectivity index (χ0v) is 16.2. The number of hydrogen-bond acceptors (Lipinski definition) is 4. The van der Waals surface area contributed by atoms with Crippen LogP contribution in [0.2, 0.25) is 10.0 Å². The number of benzene rings is 2. The summed E-state index contributed by atoms with van der Waals surface area (Å²) in [6.07, 6.45) is 3.19. The van der Waals surface area contributed by atoms with Crippen molar-refractivity contribution in [2.45, 2.75) is 0 Å². The molecular weight excluding hydrogens is 425 g/mol. The molecule has 2 aromatic rings. The number of halogens is 4. The van der Waals surface area contributed by atoms with E-state index in [1.165, 1.54) is 24.3 Å². The largest absolute Gasteiger partial charge is 0.488 e. The van der Waals surface area contributed by atoms with Gasteiger partial charge in [-0.1, -0.05) is 23.2 Å². The summed E-state index contributed by atoms with van der Waals surface area (Å²) in [5.41, 5.74) is 7.13. The predicted octanol–water partition coefficient (Wildman–Crippen LogP) is 4.52. The number of hydrogen-bond donors (Lipinski definition) is 1. The van der Waals surface area contributed by atoms with E-state index >= 15 is 0 Å². The van der Waals surface area contributed by atoms with Crippen molar-refractivity contribution in [3.8, 4) is 17.6 Å². The van der Waals surface area contributed by atoms with E-state index in [1.807, 2.05) is 6.07 Å². The van der Waals surface area contributed by atoms with Crippen LogP contribution < -0.4 is 15.2 Å². The fourth-order valence-electron chi connectivity index (χ4n) is 2.54. The summed E-state index contributed by atoms with van der Waals surface area (Å²) in [6.45, 7) is 0.244. The third-order valence-electron chi connectivity index (χ3n) is 3.99. The SMILES string of the molecule is N#CC1=Cc2cc(Cl)c(F)cc2OC1.NC(=O)C1=Cc2cc(Cl)c(F)cc2OC1.